The van der Waals surface area contributed by atoms with Gasteiger partial charge in [0.25, 0.3) is 0 Å². The highest BCUT2D eigenvalue weighted by Crippen LogP contribution is 2.35. The molecule has 0 atom stereocenters. The molecular formula is C19H22N2O3S. The summed E-state index contributed by atoms with van der Waals surface area (Å²) in [5, 5.41) is 0.850. The molecular weight excluding hydrogens is 336 g/mol. The molecule has 0 spiro atoms. The molecule has 2 aromatic rings. The number of ether oxygens (including phenoxy) is 2. The van der Waals surface area contributed by atoms with E-state index in [0.29, 0.717) is 24.2 Å². The molecule has 2 rings (SSSR count). The predicted octanol–water partition coefficient (Wildman–Crippen LogP) is 3.94. The summed E-state index contributed by atoms with van der Waals surface area (Å²) in [5.74, 6) is -0.461. The topological polar surface area (TPSA) is 51.7 Å². The third kappa shape index (κ3) is 4.09. The number of thiazole rings is 1. The number of hydrogen-bond donors (Lipinski definition) is 0. The van der Waals surface area contributed by atoms with Gasteiger partial charge in [0.1, 0.15) is 5.57 Å². The number of carbonyl (C=O) groups is 1. The maximum absolute atomic E-state index is 12.2. The van der Waals surface area contributed by atoms with Crippen molar-refractivity contribution in [3.05, 3.63) is 54.8 Å². The fourth-order valence-corrected chi connectivity index (χ4v) is 3.60. The van der Waals surface area contributed by atoms with Crippen molar-refractivity contribution in [1.29, 1.82) is 0 Å². The molecule has 1 aromatic carbocycles. The Morgan fingerprint density at radius 3 is 2.52 bits per heavy atom. The van der Waals surface area contributed by atoms with Gasteiger partial charge in [0, 0.05) is 18.7 Å². The van der Waals surface area contributed by atoms with Crippen molar-refractivity contribution in [2.75, 3.05) is 32.2 Å². The lowest BCUT2D eigenvalue weighted by Crippen LogP contribution is -2.22. The Morgan fingerprint density at radius 1 is 1.28 bits per heavy atom. The first-order chi connectivity index (χ1) is 12.0. The van der Waals surface area contributed by atoms with E-state index in [0.717, 1.165) is 20.9 Å². The fourth-order valence-electron chi connectivity index (χ4n) is 2.49. The first kappa shape index (κ1) is 18.7. The number of carbonyl (C=O) groups excluding carboxylic acids is 1. The van der Waals surface area contributed by atoms with E-state index in [2.05, 4.69) is 24.1 Å². The fraction of sp³-hybridized carbons (Fsp3) is 0.263. The summed E-state index contributed by atoms with van der Waals surface area (Å²) in [6.45, 7) is 10.9. The molecule has 0 unspecified atom stereocenters. The van der Waals surface area contributed by atoms with Gasteiger partial charge < -0.3 is 14.4 Å². The summed E-state index contributed by atoms with van der Waals surface area (Å²) >= 11 is 1.57. The van der Waals surface area contributed by atoms with Crippen LogP contribution in [0.5, 0.6) is 0 Å². The van der Waals surface area contributed by atoms with E-state index in [9.17, 15) is 4.79 Å². The van der Waals surface area contributed by atoms with Crippen LogP contribution in [0.3, 0.4) is 0 Å². The monoisotopic (exact) mass is 358 g/mol. The number of benzene rings is 1. The van der Waals surface area contributed by atoms with Crippen molar-refractivity contribution in [1.82, 2.24) is 4.98 Å². The number of hydrogen-bond acceptors (Lipinski definition) is 6. The number of nitrogens with zero attached hydrogens (tertiary/aromatic N) is 2. The van der Waals surface area contributed by atoms with E-state index in [1.807, 2.05) is 25.1 Å². The minimum absolute atomic E-state index is 0.342. The van der Waals surface area contributed by atoms with E-state index in [1.165, 1.54) is 20.5 Å². The molecule has 0 aliphatic carbocycles. The van der Waals surface area contributed by atoms with E-state index in [-0.39, 0.29) is 0 Å². The predicted molar refractivity (Wildman–Crippen MR) is 104 cm³/mol. The van der Waals surface area contributed by atoms with Gasteiger partial charge in [-0.3, -0.25) is 0 Å². The molecule has 6 heteroatoms. The zero-order valence-corrected chi connectivity index (χ0v) is 15.6. The van der Waals surface area contributed by atoms with Gasteiger partial charge in [-0.25, -0.2) is 9.78 Å². The van der Waals surface area contributed by atoms with Gasteiger partial charge in [0.05, 0.1) is 30.7 Å². The van der Waals surface area contributed by atoms with E-state index in [1.54, 1.807) is 11.3 Å². The highest BCUT2D eigenvalue weighted by atomic mass is 32.1. The molecule has 0 fully saturated rings. The summed E-state index contributed by atoms with van der Waals surface area (Å²) in [4.78, 5) is 19.0. The van der Waals surface area contributed by atoms with Gasteiger partial charge in [-0.2, -0.15) is 0 Å². The summed E-state index contributed by atoms with van der Waals surface area (Å²) < 4.78 is 11.0. The Labute approximate surface area is 151 Å². The summed E-state index contributed by atoms with van der Waals surface area (Å²) in [5.41, 5.74) is 2.82. The highest BCUT2D eigenvalue weighted by Gasteiger charge is 2.20. The third-order valence-corrected chi connectivity index (χ3v) is 4.59. The second kappa shape index (κ2) is 8.48. The Hall–Kier alpha value is -2.60. The number of fused-ring (bicyclic) bond motifs is 1. The average Bonchev–Trinajstić information content (AvgIpc) is 3.02. The first-order valence-electron chi connectivity index (χ1n) is 7.75. The molecule has 0 amide bonds. The standard InChI is InChI=1S/C19H22N2O3S/c1-6-8-21(9-7-2)19-20-17-14(10-13(3)11-16(17)25-19)15(12-23-4)18(22)24-5/h6-7,10-12H,1-2,8-9H2,3-5H3/b15-12+. The zero-order chi connectivity index (χ0) is 18.4. The molecule has 5 nitrogen and oxygen atoms in total. The number of methoxy groups -OCH3 is 2. The van der Waals surface area contributed by atoms with Gasteiger partial charge in [0.2, 0.25) is 0 Å². The number of esters is 1. The summed E-state index contributed by atoms with van der Waals surface area (Å²) in [6.07, 6.45) is 5.04. The van der Waals surface area contributed by atoms with Crippen molar-refractivity contribution in [3.8, 4) is 0 Å². The van der Waals surface area contributed by atoms with Crippen molar-refractivity contribution in [2.24, 2.45) is 0 Å². The van der Waals surface area contributed by atoms with Crippen LogP contribution in [0, 0.1) is 6.92 Å². The van der Waals surface area contributed by atoms with Gasteiger partial charge >= 0.3 is 5.97 Å². The van der Waals surface area contributed by atoms with Crippen LogP contribution in [0.1, 0.15) is 11.1 Å². The lowest BCUT2D eigenvalue weighted by molar-refractivity contribution is -0.133. The highest BCUT2D eigenvalue weighted by molar-refractivity contribution is 7.22. The second-order valence-electron chi connectivity index (χ2n) is 5.40. The van der Waals surface area contributed by atoms with Crippen LogP contribution in [0.15, 0.2) is 43.7 Å². The molecule has 132 valence electrons. The van der Waals surface area contributed by atoms with E-state index in [4.69, 9.17) is 14.5 Å². The van der Waals surface area contributed by atoms with Crippen LogP contribution in [0.2, 0.25) is 0 Å². The molecule has 1 heterocycles. The number of aromatic nitrogens is 1. The van der Waals surface area contributed by atoms with Gasteiger partial charge in [-0.15, -0.1) is 13.2 Å². The molecule has 0 radical (unpaired) electrons. The normalized spacial score (nSPS) is 11.2. The SMILES string of the molecule is C=CCN(CC=C)c1nc2c(/C(=C\OC)C(=O)OC)cc(C)cc2s1. The van der Waals surface area contributed by atoms with E-state index < -0.39 is 5.97 Å². The molecule has 0 N–H and O–H groups in total. The summed E-state index contributed by atoms with van der Waals surface area (Å²) in [7, 11) is 2.85. The van der Waals surface area contributed by atoms with Crippen molar-refractivity contribution >= 4 is 38.2 Å². The number of aryl methyl sites for hydroxylation is 1. The zero-order valence-electron chi connectivity index (χ0n) is 14.7. The maximum Gasteiger partial charge on any atom is 0.341 e. The Kier molecular flexibility index (Phi) is 6.36. The van der Waals surface area contributed by atoms with Crippen molar-refractivity contribution < 1.29 is 14.3 Å². The van der Waals surface area contributed by atoms with Gasteiger partial charge in [-0.05, 0) is 24.6 Å². The smallest absolute Gasteiger partial charge is 0.341 e. The maximum atomic E-state index is 12.2. The minimum Gasteiger partial charge on any atom is -0.503 e. The molecule has 0 aliphatic rings. The van der Waals surface area contributed by atoms with Crippen molar-refractivity contribution in [2.45, 2.75) is 6.92 Å². The summed E-state index contributed by atoms with van der Waals surface area (Å²) in [6, 6.07) is 3.97. The van der Waals surface area contributed by atoms with Crippen LogP contribution in [-0.4, -0.2) is 38.3 Å². The third-order valence-electron chi connectivity index (χ3n) is 3.53. The van der Waals surface area contributed by atoms with Crippen LogP contribution in [-0.2, 0) is 14.3 Å². The van der Waals surface area contributed by atoms with Crippen molar-refractivity contribution in [3.63, 3.8) is 0 Å². The Bertz CT molecular complexity index is 813. The molecule has 0 aliphatic heterocycles. The quantitative estimate of drug-likeness (QED) is 0.310. The van der Waals surface area contributed by atoms with Gasteiger partial charge in [0.15, 0.2) is 5.13 Å². The Morgan fingerprint density at radius 2 is 1.96 bits per heavy atom. The van der Waals surface area contributed by atoms with Gasteiger partial charge in [-0.1, -0.05) is 23.5 Å². The molecule has 0 saturated carbocycles. The van der Waals surface area contributed by atoms with Crippen LogP contribution in [0.4, 0.5) is 5.13 Å². The second-order valence-corrected chi connectivity index (χ2v) is 6.41. The average molecular weight is 358 g/mol. The molecule has 1 aromatic heterocycles. The molecule has 0 bridgehead atoms. The first-order valence-corrected chi connectivity index (χ1v) is 8.56. The Balaban J connectivity index is 2.65. The van der Waals surface area contributed by atoms with E-state index >= 15 is 0 Å². The lowest BCUT2D eigenvalue weighted by atomic mass is 10.0. The lowest BCUT2D eigenvalue weighted by Gasteiger charge is -2.17. The molecule has 0 saturated heterocycles. The van der Waals surface area contributed by atoms with Crippen LogP contribution < -0.4 is 4.90 Å². The largest absolute Gasteiger partial charge is 0.503 e. The molecule has 25 heavy (non-hydrogen) atoms. The van der Waals surface area contributed by atoms with Crippen LogP contribution >= 0.6 is 11.3 Å². The van der Waals surface area contributed by atoms with Crippen LogP contribution in [0.25, 0.3) is 15.8 Å². The minimum atomic E-state index is -0.461. The number of anilines is 1. The number of rotatable bonds is 8.